The van der Waals surface area contributed by atoms with Crippen LogP contribution in [0.15, 0.2) is 47.4 Å². The fraction of sp³-hybridized carbons (Fsp3) is 0.261. The van der Waals surface area contributed by atoms with Gasteiger partial charge in [-0.15, -0.1) is 0 Å². The summed E-state index contributed by atoms with van der Waals surface area (Å²) in [6, 6.07) is 12.9. The topological polar surface area (TPSA) is 75.7 Å². The highest BCUT2D eigenvalue weighted by Crippen LogP contribution is 2.34. The first-order valence-corrected chi connectivity index (χ1v) is 10.5. The lowest BCUT2D eigenvalue weighted by Crippen LogP contribution is -2.36. The van der Waals surface area contributed by atoms with Crippen molar-refractivity contribution >= 4 is 40.6 Å². The molecule has 30 heavy (non-hydrogen) atoms. The number of hydrogen-bond donors (Lipinski definition) is 1. The molecular weight excluding hydrogens is 400 g/mol. The standard InChI is InChI=1S/C23H24N2O4S/c1-4-11-29-19-8-6-5-7-17(19)13-20-22(27)25(23(28)30-20)14-21(26)24-18-10-9-15(2)16(3)12-18/h5-10,12-13H,4,11,14H2,1-3H3,(H,24,26)/b20-13+. The number of amides is 3. The molecule has 0 aromatic heterocycles. The van der Waals surface area contributed by atoms with Crippen LogP contribution in [0.5, 0.6) is 5.75 Å². The largest absolute Gasteiger partial charge is 0.493 e. The van der Waals surface area contributed by atoms with Gasteiger partial charge < -0.3 is 10.1 Å². The van der Waals surface area contributed by atoms with Crippen molar-refractivity contribution in [2.45, 2.75) is 27.2 Å². The van der Waals surface area contributed by atoms with Crippen molar-refractivity contribution in [3.8, 4) is 5.75 Å². The Kier molecular flexibility index (Phi) is 6.95. The number of para-hydroxylation sites is 1. The first-order valence-electron chi connectivity index (χ1n) is 9.73. The van der Waals surface area contributed by atoms with Crippen LogP contribution >= 0.6 is 11.8 Å². The van der Waals surface area contributed by atoms with Crippen LogP contribution in [0.1, 0.15) is 30.0 Å². The Balaban J connectivity index is 1.71. The Morgan fingerprint density at radius 2 is 1.90 bits per heavy atom. The zero-order chi connectivity index (χ0) is 21.7. The Bertz CT molecular complexity index is 1020. The van der Waals surface area contributed by atoms with Crippen molar-refractivity contribution in [2.75, 3.05) is 18.5 Å². The van der Waals surface area contributed by atoms with Gasteiger partial charge in [0.15, 0.2) is 0 Å². The van der Waals surface area contributed by atoms with E-state index >= 15 is 0 Å². The van der Waals surface area contributed by atoms with E-state index in [1.165, 1.54) is 0 Å². The summed E-state index contributed by atoms with van der Waals surface area (Å²) in [4.78, 5) is 38.7. The van der Waals surface area contributed by atoms with E-state index in [1.807, 2.05) is 57.2 Å². The predicted molar refractivity (Wildman–Crippen MR) is 119 cm³/mol. The van der Waals surface area contributed by atoms with E-state index in [9.17, 15) is 14.4 Å². The van der Waals surface area contributed by atoms with Crippen molar-refractivity contribution in [1.29, 1.82) is 0 Å². The number of hydrogen-bond acceptors (Lipinski definition) is 5. The average Bonchev–Trinajstić information content (AvgIpc) is 2.97. The number of carbonyl (C=O) groups is 3. The highest BCUT2D eigenvalue weighted by atomic mass is 32.2. The van der Waals surface area contributed by atoms with Crippen LogP contribution in [-0.2, 0) is 9.59 Å². The molecule has 156 valence electrons. The number of nitrogens with one attached hydrogen (secondary N) is 1. The number of nitrogens with zero attached hydrogens (tertiary/aromatic N) is 1. The minimum absolute atomic E-state index is 0.270. The van der Waals surface area contributed by atoms with Gasteiger partial charge in [-0.2, -0.15) is 0 Å². The SMILES string of the molecule is CCCOc1ccccc1/C=C1/SC(=O)N(CC(=O)Nc2ccc(C)c(C)c2)C1=O. The number of benzene rings is 2. The molecule has 2 aromatic rings. The molecule has 2 aromatic carbocycles. The maximum absolute atomic E-state index is 12.7. The van der Waals surface area contributed by atoms with Crippen LogP contribution in [0.2, 0.25) is 0 Å². The van der Waals surface area contributed by atoms with E-state index in [4.69, 9.17) is 4.74 Å². The van der Waals surface area contributed by atoms with Gasteiger partial charge in [-0.25, -0.2) is 0 Å². The van der Waals surface area contributed by atoms with Gasteiger partial charge in [-0.1, -0.05) is 31.2 Å². The van der Waals surface area contributed by atoms with Crippen LogP contribution in [-0.4, -0.2) is 35.1 Å². The van der Waals surface area contributed by atoms with Gasteiger partial charge in [0, 0.05) is 11.3 Å². The molecule has 1 aliphatic heterocycles. The van der Waals surface area contributed by atoms with Gasteiger partial charge in [0.05, 0.1) is 11.5 Å². The van der Waals surface area contributed by atoms with E-state index in [0.717, 1.165) is 39.8 Å². The third-order valence-corrected chi connectivity index (χ3v) is 5.54. The first-order chi connectivity index (χ1) is 14.4. The number of carbonyl (C=O) groups excluding carboxylic acids is 3. The van der Waals surface area contributed by atoms with Crippen molar-refractivity contribution < 1.29 is 19.1 Å². The van der Waals surface area contributed by atoms with Crippen molar-refractivity contribution in [3.63, 3.8) is 0 Å². The van der Waals surface area contributed by atoms with E-state index in [-0.39, 0.29) is 11.4 Å². The summed E-state index contributed by atoms with van der Waals surface area (Å²) in [7, 11) is 0. The van der Waals surface area contributed by atoms with Gasteiger partial charge in [-0.3, -0.25) is 19.3 Å². The Labute approximate surface area is 180 Å². The van der Waals surface area contributed by atoms with Crippen LogP contribution in [0, 0.1) is 13.8 Å². The molecular formula is C23H24N2O4S. The number of anilines is 1. The molecule has 1 fully saturated rings. The second-order valence-electron chi connectivity index (χ2n) is 7.00. The Hall–Kier alpha value is -3.06. The summed E-state index contributed by atoms with van der Waals surface area (Å²) in [5.41, 5.74) is 3.52. The lowest BCUT2D eigenvalue weighted by Gasteiger charge is -2.13. The molecule has 0 atom stereocenters. The predicted octanol–water partition coefficient (Wildman–Crippen LogP) is 4.77. The zero-order valence-corrected chi connectivity index (χ0v) is 18.0. The molecule has 0 bridgehead atoms. The van der Waals surface area contributed by atoms with E-state index in [2.05, 4.69) is 5.32 Å². The molecule has 1 heterocycles. The summed E-state index contributed by atoms with van der Waals surface area (Å²) in [5.74, 6) is -0.252. The molecule has 0 unspecified atom stereocenters. The number of ether oxygens (including phenoxy) is 1. The molecule has 1 saturated heterocycles. The van der Waals surface area contributed by atoms with E-state index in [0.29, 0.717) is 18.0 Å². The molecule has 0 spiro atoms. The van der Waals surface area contributed by atoms with Crippen molar-refractivity contribution in [3.05, 3.63) is 64.1 Å². The molecule has 0 radical (unpaired) electrons. The van der Waals surface area contributed by atoms with Gasteiger partial charge in [0.2, 0.25) is 5.91 Å². The van der Waals surface area contributed by atoms with Crippen molar-refractivity contribution in [2.24, 2.45) is 0 Å². The molecule has 3 rings (SSSR count). The maximum Gasteiger partial charge on any atom is 0.294 e. The second kappa shape index (κ2) is 9.63. The lowest BCUT2D eigenvalue weighted by molar-refractivity contribution is -0.127. The van der Waals surface area contributed by atoms with E-state index < -0.39 is 17.1 Å². The molecule has 7 heteroatoms. The molecule has 0 aliphatic carbocycles. The summed E-state index contributed by atoms with van der Waals surface area (Å²) in [6.45, 7) is 6.18. The van der Waals surface area contributed by atoms with Crippen LogP contribution in [0.3, 0.4) is 0 Å². The van der Waals surface area contributed by atoms with Crippen LogP contribution in [0.4, 0.5) is 10.5 Å². The summed E-state index contributed by atoms with van der Waals surface area (Å²) in [6.07, 6.45) is 2.50. The van der Waals surface area contributed by atoms with E-state index in [1.54, 1.807) is 12.1 Å². The lowest BCUT2D eigenvalue weighted by atomic mass is 10.1. The maximum atomic E-state index is 12.7. The van der Waals surface area contributed by atoms with Gasteiger partial charge >= 0.3 is 0 Å². The average molecular weight is 425 g/mol. The number of aryl methyl sites for hydroxylation is 2. The molecule has 3 amide bonds. The van der Waals surface area contributed by atoms with Crippen molar-refractivity contribution in [1.82, 2.24) is 4.90 Å². The summed E-state index contributed by atoms with van der Waals surface area (Å²) < 4.78 is 5.71. The molecule has 1 N–H and O–H groups in total. The molecule has 0 saturated carbocycles. The monoisotopic (exact) mass is 424 g/mol. The highest BCUT2D eigenvalue weighted by molar-refractivity contribution is 8.18. The minimum Gasteiger partial charge on any atom is -0.493 e. The number of rotatable bonds is 7. The Morgan fingerprint density at radius 3 is 2.63 bits per heavy atom. The van der Waals surface area contributed by atoms with Gasteiger partial charge in [0.1, 0.15) is 12.3 Å². The normalized spacial score (nSPS) is 15.0. The Morgan fingerprint density at radius 1 is 1.13 bits per heavy atom. The zero-order valence-electron chi connectivity index (χ0n) is 17.2. The fourth-order valence-corrected chi connectivity index (χ4v) is 3.71. The quantitative estimate of drug-likeness (QED) is 0.648. The smallest absolute Gasteiger partial charge is 0.294 e. The molecule has 1 aliphatic rings. The second-order valence-corrected chi connectivity index (χ2v) is 7.99. The summed E-state index contributed by atoms with van der Waals surface area (Å²) in [5, 5.41) is 2.28. The third kappa shape index (κ3) is 5.10. The van der Waals surface area contributed by atoms with Gasteiger partial charge in [0.25, 0.3) is 11.1 Å². The first kappa shape index (κ1) is 21.6. The minimum atomic E-state index is -0.481. The number of thioether (sulfide) groups is 1. The highest BCUT2D eigenvalue weighted by Gasteiger charge is 2.36. The third-order valence-electron chi connectivity index (χ3n) is 4.63. The fourth-order valence-electron chi connectivity index (χ4n) is 2.88. The van der Waals surface area contributed by atoms with Crippen LogP contribution in [0.25, 0.3) is 6.08 Å². The summed E-state index contributed by atoms with van der Waals surface area (Å²) >= 11 is 0.825. The molecule has 6 nitrogen and oxygen atoms in total. The van der Waals surface area contributed by atoms with Crippen LogP contribution < -0.4 is 10.1 Å². The van der Waals surface area contributed by atoms with Gasteiger partial charge in [-0.05, 0) is 67.4 Å². The number of imide groups is 1.